The molecule has 0 bridgehead atoms. The van der Waals surface area contributed by atoms with Crippen LogP contribution in [0.1, 0.15) is 32.0 Å². The predicted octanol–water partition coefficient (Wildman–Crippen LogP) is 4.10. The van der Waals surface area contributed by atoms with Gasteiger partial charge in [0.05, 0.1) is 12.8 Å². The number of amides is 1. The summed E-state index contributed by atoms with van der Waals surface area (Å²) < 4.78 is 5.09. The van der Waals surface area contributed by atoms with Crippen LogP contribution >= 0.6 is 11.3 Å². The maximum atomic E-state index is 11.9. The van der Waals surface area contributed by atoms with E-state index in [-0.39, 0.29) is 11.3 Å². The molecule has 22 heavy (non-hydrogen) atoms. The maximum Gasteiger partial charge on any atom is 0.250 e. The Morgan fingerprint density at radius 2 is 1.95 bits per heavy atom. The Balaban J connectivity index is 1.97. The van der Waals surface area contributed by atoms with Crippen molar-refractivity contribution in [3.63, 3.8) is 0 Å². The van der Waals surface area contributed by atoms with Crippen LogP contribution in [-0.2, 0) is 10.2 Å². The van der Waals surface area contributed by atoms with Crippen molar-refractivity contribution < 1.29 is 9.53 Å². The van der Waals surface area contributed by atoms with E-state index in [0.29, 0.717) is 5.13 Å². The highest BCUT2D eigenvalue weighted by molar-refractivity contribution is 7.14. The Kier molecular flexibility index (Phi) is 4.98. The lowest BCUT2D eigenvalue weighted by Crippen LogP contribution is -2.12. The van der Waals surface area contributed by atoms with Gasteiger partial charge in [0.25, 0.3) is 0 Å². The van der Waals surface area contributed by atoms with Crippen LogP contribution in [0.5, 0.6) is 5.75 Å². The Morgan fingerprint density at radius 1 is 1.27 bits per heavy atom. The van der Waals surface area contributed by atoms with Crippen LogP contribution in [-0.4, -0.2) is 18.0 Å². The van der Waals surface area contributed by atoms with Crippen molar-refractivity contribution in [3.8, 4) is 5.75 Å². The summed E-state index contributed by atoms with van der Waals surface area (Å²) in [5, 5.41) is 5.38. The number of anilines is 1. The van der Waals surface area contributed by atoms with Crippen LogP contribution in [0.25, 0.3) is 6.08 Å². The zero-order valence-electron chi connectivity index (χ0n) is 13.2. The summed E-state index contributed by atoms with van der Waals surface area (Å²) in [4.78, 5) is 16.3. The standard InChI is InChI=1S/C17H20N2O2S/c1-17(2,3)14-11-22-16(18-14)19-15(20)10-7-12-5-8-13(21-4)9-6-12/h5-11H,1-4H3,(H,18,19,20)/b10-7+. The number of aromatic nitrogens is 1. The molecule has 1 amide bonds. The average Bonchev–Trinajstić information content (AvgIpc) is 2.94. The molecule has 0 saturated heterocycles. The largest absolute Gasteiger partial charge is 0.497 e. The van der Waals surface area contributed by atoms with Gasteiger partial charge in [-0.25, -0.2) is 4.98 Å². The number of nitrogens with zero attached hydrogens (tertiary/aromatic N) is 1. The molecule has 0 fully saturated rings. The average molecular weight is 316 g/mol. The minimum Gasteiger partial charge on any atom is -0.497 e. The number of nitrogens with one attached hydrogen (secondary N) is 1. The van der Waals surface area contributed by atoms with Gasteiger partial charge in [0.2, 0.25) is 5.91 Å². The number of rotatable bonds is 4. The minimum atomic E-state index is -0.189. The highest BCUT2D eigenvalue weighted by Gasteiger charge is 2.17. The number of thiazole rings is 1. The molecule has 0 spiro atoms. The van der Waals surface area contributed by atoms with Crippen molar-refractivity contribution in [2.75, 3.05) is 12.4 Å². The molecule has 4 nitrogen and oxygen atoms in total. The fourth-order valence-electron chi connectivity index (χ4n) is 1.71. The van der Waals surface area contributed by atoms with Crippen molar-refractivity contribution in [2.45, 2.75) is 26.2 Å². The first-order chi connectivity index (χ1) is 10.4. The van der Waals surface area contributed by atoms with Crippen molar-refractivity contribution in [1.82, 2.24) is 4.98 Å². The van der Waals surface area contributed by atoms with Gasteiger partial charge < -0.3 is 4.74 Å². The molecular formula is C17H20N2O2S. The summed E-state index contributed by atoms with van der Waals surface area (Å²) in [5.74, 6) is 0.602. The Bertz CT molecular complexity index is 667. The van der Waals surface area contributed by atoms with Crippen LogP contribution in [0.3, 0.4) is 0 Å². The van der Waals surface area contributed by atoms with Crippen LogP contribution in [0, 0.1) is 0 Å². The summed E-state index contributed by atoms with van der Waals surface area (Å²) in [6.07, 6.45) is 3.26. The predicted molar refractivity (Wildman–Crippen MR) is 91.5 cm³/mol. The van der Waals surface area contributed by atoms with Gasteiger partial charge >= 0.3 is 0 Å². The lowest BCUT2D eigenvalue weighted by atomic mass is 9.93. The molecule has 0 radical (unpaired) electrons. The topological polar surface area (TPSA) is 51.2 Å². The fourth-order valence-corrected chi connectivity index (χ4v) is 2.65. The zero-order chi connectivity index (χ0) is 16.2. The third-order valence-corrected chi connectivity index (χ3v) is 3.80. The smallest absolute Gasteiger partial charge is 0.250 e. The van der Waals surface area contributed by atoms with E-state index in [1.807, 2.05) is 29.6 Å². The minimum absolute atomic E-state index is 0.0155. The Labute approximate surface area is 134 Å². The third kappa shape index (κ3) is 4.43. The third-order valence-electron chi connectivity index (χ3n) is 3.05. The van der Waals surface area contributed by atoms with Gasteiger partial charge in [0.15, 0.2) is 5.13 Å². The molecule has 0 aliphatic rings. The number of carbonyl (C=O) groups excluding carboxylic acids is 1. The summed E-state index contributed by atoms with van der Waals surface area (Å²) in [6.45, 7) is 6.28. The van der Waals surface area contributed by atoms with Crippen LogP contribution in [0.15, 0.2) is 35.7 Å². The molecule has 2 rings (SSSR count). The molecule has 0 aliphatic carbocycles. The van der Waals surface area contributed by atoms with Gasteiger partial charge in [0.1, 0.15) is 5.75 Å². The van der Waals surface area contributed by atoms with Crippen molar-refractivity contribution in [2.24, 2.45) is 0 Å². The van der Waals surface area contributed by atoms with E-state index < -0.39 is 0 Å². The van der Waals surface area contributed by atoms with Gasteiger partial charge in [-0.05, 0) is 23.8 Å². The fraction of sp³-hybridized carbons (Fsp3) is 0.294. The van der Waals surface area contributed by atoms with Gasteiger partial charge in [-0.3, -0.25) is 10.1 Å². The van der Waals surface area contributed by atoms with Crippen LogP contribution in [0.2, 0.25) is 0 Å². The highest BCUT2D eigenvalue weighted by Crippen LogP contribution is 2.26. The summed E-state index contributed by atoms with van der Waals surface area (Å²) in [7, 11) is 1.62. The number of carbonyl (C=O) groups is 1. The second kappa shape index (κ2) is 6.75. The van der Waals surface area contributed by atoms with Gasteiger partial charge in [-0.15, -0.1) is 11.3 Å². The first kappa shape index (κ1) is 16.2. The molecule has 1 aromatic carbocycles. The molecule has 5 heteroatoms. The molecule has 0 atom stereocenters. The van der Waals surface area contributed by atoms with E-state index in [1.165, 1.54) is 17.4 Å². The van der Waals surface area contributed by atoms with E-state index in [1.54, 1.807) is 13.2 Å². The second-order valence-corrected chi connectivity index (χ2v) is 6.74. The molecule has 116 valence electrons. The van der Waals surface area contributed by atoms with E-state index in [2.05, 4.69) is 31.1 Å². The molecule has 1 heterocycles. The highest BCUT2D eigenvalue weighted by atomic mass is 32.1. The quantitative estimate of drug-likeness (QED) is 0.864. The number of hydrogen-bond donors (Lipinski definition) is 1. The summed E-state index contributed by atoms with van der Waals surface area (Å²) in [6, 6.07) is 7.50. The van der Waals surface area contributed by atoms with E-state index in [9.17, 15) is 4.79 Å². The number of ether oxygens (including phenoxy) is 1. The normalized spacial score (nSPS) is 11.6. The van der Waals surface area contributed by atoms with Crippen molar-refractivity contribution in [1.29, 1.82) is 0 Å². The van der Waals surface area contributed by atoms with Gasteiger partial charge in [-0.1, -0.05) is 32.9 Å². The van der Waals surface area contributed by atoms with E-state index in [0.717, 1.165) is 17.0 Å². The molecule has 1 aromatic heterocycles. The molecule has 2 aromatic rings. The van der Waals surface area contributed by atoms with Crippen molar-refractivity contribution >= 4 is 28.5 Å². The van der Waals surface area contributed by atoms with Crippen LogP contribution in [0.4, 0.5) is 5.13 Å². The van der Waals surface area contributed by atoms with Gasteiger partial charge in [0, 0.05) is 16.9 Å². The monoisotopic (exact) mass is 316 g/mol. The first-order valence-electron chi connectivity index (χ1n) is 6.97. The van der Waals surface area contributed by atoms with E-state index >= 15 is 0 Å². The lowest BCUT2D eigenvalue weighted by Gasteiger charge is -2.14. The Morgan fingerprint density at radius 3 is 2.50 bits per heavy atom. The second-order valence-electron chi connectivity index (χ2n) is 5.88. The molecule has 1 N–H and O–H groups in total. The molecule has 0 unspecified atom stereocenters. The summed E-state index contributed by atoms with van der Waals surface area (Å²) in [5.41, 5.74) is 1.90. The molecule has 0 aliphatic heterocycles. The number of benzene rings is 1. The Hall–Kier alpha value is -2.14. The summed E-state index contributed by atoms with van der Waals surface area (Å²) >= 11 is 1.44. The lowest BCUT2D eigenvalue weighted by molar-refractivity contribution is -0.111. The number of methoxy groups -OCH3 is 1. The zero-order valence-corrected chi connectivity index (χ0v) is 14.0. The molecular weight excluding hydrogens is 296 g/mol. The maximum absolute atomic E-state index is 11.9. The van der Waals surface area contributed by atoms with Crippen LogP contribution < -0.4 is 10.1 Å². The number of hydrogen-bond acceptors (Lipinski definition) is 4. The molecule has 0 saturated carbocycles. The van der Waals surface area contributed by atoms with Gasteiger partial charge in [-0.2, -0.15) is 0 Å². The SMILES string of the molecule is COc1ccc(/C=C/C(=O)Nc2nc(C(C)(C)C)cs2)cc1. The van der Waals surface area contributed by atoms with Crippen molar-refractivity contribution in [3.05, 3.63) is 47.0 Å². The van der Waals surface area contributed by atoms with E-state index in [4.69, 9.17) is 4.74 Å². The first-order valence-corrected chi connectivity index (χ1v) is 7.85.